The van der Waals surface area contributed by atoms with E-state index < -0.39 is 0 Å². The van der Waals surface area contributed by atoms with E-state index in [1.54, 1.807) is 0 Å². The maximum Gasteiger partial charge on any atom is 0.0944 e. The lowest BCUT2D eigenvalue weighted by molar-refractivity contribution is 0.0381. The number of hydrogen-bond acceptors (Lipinski definition) is 2. The molecule has 0 aromatic heterocycles. The van der Waals surface area contributed by atoms with E-state index in [-0.39, 0.29) is 0 Å². The lowest BCUT2D eigenvalue weighted by Crippen LogP contribution is -2.49. The van der Waals surface area contributed by atoms with E-state index in [2.05, 4.69) is 23.9 Å². The number of nitriles is 1. The summed E-state index contributed by atoms with van der Waals surface area (Å²) in [6.07, 6.45) is 13.4. The second-order valence-electron chi connectivity index (χ2n) is 7.12. The van der Waals surface area contributed by atoms with Gasteiger partial charge in [-0.3, -0.25) is 0 Å². The average Bonchev–Trinajstić information content (AvgIpc) is 2.74. The molecule has 0 aromatic rings. The van der Waals surface area contributed by atoms with Crippen LogP contribution < -0.4 is 0 Å². The smallest absolute Gasteiger partial charge is 0.0944 e. The van der Waals surface area contributed by atoms with Gasteiger partial charge in [-0.2, -0.15) is 17.0 Å². The quantitative estimate of drug-likeness (QED) is 0.738. The fraction of sp³-hybridized carbons (Fsp3) is 0.812. The number of rotatable bonds is 2. The van der Waals surface area contributed by atoms with Gasteiger partial charge in [0.25, 0.3) is 0 Å². The molecule has 0 spiro atoms. The zero-order valence-electron chi connectivity index (χ0n) is 10.9. The van der Waals surface area contributed by atoms with Gasteiger partial charge >= 0.3 is 0 Å². The predicted octanol–water partition coefficient (Wildman–Crippen LogP) is 4.30. The van der Waals surface area contributed by atoms with Gasteiger partial charge in [-0.05, 0) is 69.1 Å². The third-order valence-corrected chi connectivity index (χ3v) is 7.31. The monoisotopic (exact) mass is 259 g/mol. The van der Waals surface area contributed by atoms with E-state index in [1.165, 1.54) is 38.5 Å². The molecule has 4 fully saturated rings. The molecule has 5 rings (SSSR count). The van der Waals surface area contributed by atoms with Crippen molar-refractivity contribution in [1.82, 2.24) is 0 Å². The molecule has 18 heavy (non-hydrogen) atoms. The minimum atomic E-state index is 0.623. The molecule has 0 N–H and O–H groups in total. The first-order chi connectivity index (χ1) is 8.75. The molecule has 5 aliphatic carbocycles. The first kappa shape index (κ1) is 11.4. The van der Waals surface area contributed by atoms with Crippen LogP contribution in [0.25, 0.3) is 0 Å². The van der Waals surface area contributed by atoms with Crippen LogP contribution >= 0.6 is 11.8 Å². The van der Waals surface area contributed by atoms with Gasteiger partial charge in [0, 0.05) is 15.6 Å². The Morgan fingerprint density at radius 3 is 2.22 bits per heavy atom. The first-order valence-corrected chi connectivity index (χ1v) is 8.39. The van der Waals surface area contributed by atoms with Crippen LogP contribution in [0.5, 0.6) is 0 Å². The second kappa shape index (κ2) is 4.04. The molecular formula is C16H21NS. The highest BCUT2D eigenvalue weighted by Crippen LogP contribution is 2.62. The minimum absolute atomic E-state index is 0.623. The number of nitrogens with zero attached hydrogens (tertiary/aromatic N) is 1. The topological polar surface area (TPSA) is 23.8 Å². The summed E-state index contributed by atoms with van der Waals surface area (Å²) in [4.78, 5) is 0. The Morgan fingerprint density at radius 2 is 1.72 bits per heavy atom. The molecule has 0 aliphatic heterocycles. The third-order valence-electron chi connectivity index (χ3n) is 5.62. The van der Waals surface area contributed by atoms with Crippen molar-refractivity contribution in [1.29, 1.82) is 5.26 Å². The molecular weight excluding hydrogens is 238 g/mol. The molecule has 0 aromatic carbocycles. The predicted molar refractivity (Wildman–Crippen MR) is 75.2 cm³/mol. The van der Waals surface area contributed by atoms with Crippen molar-refractivity contribution in [2.75, 3.05) is 0 Å². The average molecular weight is 259 g/mol. The van der Waals surface area contributed by atoms with Crippen LogP contribution in [0.1, 0.15) is 51.4 Å². The zero-order chi connectivity index (χ0) is 12.2. The van der Waals surface area contributed by atoms with E-state index in [0.29, 0.717) is 4.75 Å². The molecule has 1 nitrogen and oxygen atoms in total. The zero-order valence-corrected chi connectivity index (χ0v) is 11.7. The largest absolute Gasteiger partial charge is 0.193 e. The Kier molecular flexibility index (Phi) is 2.56. The molecule has 1 unspecified atom stereocenters. The fourth-order valence-electron chi connectivity index (χ4n) is 5.40. The van der Waals surface area contributed by atoms with E-state index >= 15 is 0 Å². The maximum absolute atomic E-state index is 8.99. The molecule has 0 amide bonds. The van der Waals surface area contributed by atoms with Crippen molar-refractivity contribution in [2.45, 2.75) is 61.4 Å². The van der Waals surface area contributed by atoms with Crippen LogP contribution in [0.15, 0.2) is 11.6 Å². The molecule has 2 heteroatoms. The van der Waals surface area contributed by atoms with Crippen molar-refractivity contribution < 1.29 is 0 Å². The highest BCUT2D eigenvalue weighted by atomic mass is 32.2. The molecule has 4 saturated carbocycles. The second-order valence-corrected chi connectivity index (χ2v) is 8.89. The normalized spacial score (nSPS) is 49.2. The molecule has 5 aliphatic rings. The van der Waals surface area contributed by atoms with Crippen LogP contribution in [0.4, 0.5) is 0 Å². The number of hydrogen-bond donors (Lipinski definition) is 0. The van der Waals surface area contributed by atoms with Gasteiger partial charge in [0.05, 0.1) is 6.07 Å². The highest BCUT2D eigenvalue weighted by Gasteiger charge is 2.51. The van der Waals surface area contributed by atoms with Crippen molar-refractivity contribution in [3.63, 3.8) is 0 Å². The highest BCUT2D eigenvalue weighted by molar-refractivity contribution is 8.01. The van der Waals surface area contributed by atoms with Gasteiger partial charge in [0.1, 0.15) is 0 Å². The van der Waals surface area contributed by atoms with Crippen LogP contribution in [-0.2, 0) is 0 Å². The number of allylic oxidation sites excluding steroid dienone is 2. The summed E-state index contributed by atoms with van der Waals surface area (Å²) in [5.41, 5.74) is 1.04. The van der Waals surface area contributed by atoms with Crippen molar-refractivity contribution in [3.8, 4) is 6.07 Å². The molecule has 0 radical (unpaired) electrons. The fourth-order valence-corrected chi connectivity index (χ4v) is 7.55. The Balaban J connectivity index is 1.47. The summed E-state index contributed by atoms with van der Waals surface area (Å²) < 4.78 is 0.623. The van der Waals surface area contributed by atoms with Crippen LogP contribution in [0.3, 0.4) is 0 Å². The molecule has 0 saturated heterocycles. The lowest BCUT2D eigenvalue weighted by atomic mass is 9.56. The van der Waals surface area contributed by atoms with Crippen molar-refractivity contribution in [3.05, 3.63) is 11.6 Å². The summed E-state index contributed by atoms with van der Waals surface area (Å²) in [6.45, 7) is 0. The first-order valence-electron chi connectivity index (χ1n) is 7.52. The van der Waals surface area contributed by atoms with Gasteiger partial charge in [0.15, 0.2) is 0 Å². The lowest BCUT2D eigenvalue weighted by Gasteiger charge is -2.57. The van der Waals surface area contributed by atoms with Gasteiger partial charge in [-0.15, -0.1) is 0 Å². The van der Waals surface area contributed by atoms with Crippen LogP contribution in [0, 0.1) is 29.1 Å². The number of thioether (sulfide) groups is 1. The van der Waals surface area contributed by atoms with Crippen LogP contribution in [-0.4, -0.2) is 10.00 Å². The summed E-state index contributed by atoms with van der Waals surface area (Å²) in [5.74, 6) is 3.15. The Morgan fingerprint density at radius 1 is 1.11 bits per heavy atom. The van der Waals surface area contributed by atoms with E-state index in [1.807, 2.05) is 0 Å². The molecule has 1 atom stereocenters. The van der Waals surface area contributed by atoms with E-state index in [4.69, 9.17) is 5.26 Å². The van der Waals surface area contributed by atoms with Gasteiger partial charge in [-0.25, -0.2) is 0 Å². The Bertz CT molecular complexity index is 396. The van der Waals surface area contributed by atoms with Gasteiger partial charge in [-0.1, -0.05) is 6.08 Å². The SMILES string of the molecule is N#CC1=CCC(SC23CC4CC(CC(C4)C2)C3)C1. The molecule has 96 valence electrons. The Hall–Kier alpha value is -0.420. The molecule has 4 bridgehead atoms. The van der Waals surface area contributed by atoms with E-state index in [0.717, 1.165) is 41.4 Å². The minimum Gasteiger partial charge on any atom is -0.193 e. The van der Waals surface area contributed by atoms with E-state index in [9.17, 15) is 0 Å². The van der Waals surface area contributed by atoms with Crippen molar-refractivity contribution >= 4 is 11.8 Å². The maximum atomic E-state index is 8.99. The summed E-state index contributed by atoms with van der Waals surface area (Å²) in [5, 5.41) is 9.70. The van der Waals surface area contributed by atoms with Crippen molar-refractivity contribution in [2.24, 2.45) is 17.8 Å². The standard InChI is InChI=1S/C16H21NS/c17-10-11-1-2-15(6-11)18-16-7-12-3-13(8-16)5-14(4-12)9-16/h1,12-15H,2-9H2. The van der Waals surface area contributed by atoms with Crippen LogP contribution in [0.2, 0.25) is 0 Å². The van der Waals surface area contributed by atoms with Gasteiger partial charge in [0.2, 0.25) is 0 Å². The summed E-state index contributed by atoms with van der Waals surface area (Å²) in [7, 11) is 0. The molecule has 0 heterocycles. The third kappa shape index (κ3) is 1.83. The summed E-state index contributed by atoms with van der Waals surface area (Å²) >= 11 is 2.28. The van der Waals surface area contributed by atoms with Gasteiger partial charge < -0.3 is 0 Å². The summed E-state index contributed by atoms with van der Waals surface area (Å²) in [6, 6.07) is 2.35. The Labute approximate surface area is 114 Å².